The number of ether oxygens (including phenoxy) is 1. The van der Waals surface area contributed by atoms with E-state index in [4.69, 9.17) is 16.3 Å². The number of anilines is 1. The minimum atomic E-state index is -1.21. The first-order valence-corrected chi connectivity index (χ1v) is 9.52. The highest BCUT2D eigenvalue weighted by molar-refractivity contribution is 6.34. The smallest absolute Gasteiger partial charge is 0.272 e. The van der Waals surface area contributed by atoms with Crippen molar-refractivity contribution in [2.24, 2.45) is 0 Å². The van der Waals surface area contributed by atoms with E-state index < -0.39 is 23.4 Å². The van der Waals surface area contributed by atoms with Gasteiger partial charge in [-0.25, -0.2) is 13.8 Å². The molecule has 0 bridgehead atoms. The van der Waals surface area contributed by atoms with Crippen LogP contribution in [0.15, 0.2) is 36.5 Å². The van der Waals surface area contributed by atoms with Gasteiger partial charge in [-0.3, -0.25) is 14.7 Å². The Morgan fingerprint density at radius 2 is 1.90 bits per heavy atom. The SMILES string of the molecule is CC(C)Oc1ccc(CNC(=O)c2cc(NC(=O)c3cc(F)c(F)cc3Cl)[nH]n2)cn1. The number of nitrogens with one attached hydrogen (secondary N) is 3. The predicted molar refractivity (Wildman–Crippen MR) is 109 cm³/mol. The second-order valence-corrected chi connectivity index (χ2v) is 7.13. The van der Waals surface area contributed by atoms with Gasteiger partial charge >= 0.3 is 0 Å². The number of pyridine rings is 1. The molecule has 0 aliphatic carbocycles. The number of carbonyl (C=O) groups is 2. The fraction of sp³-hybridized carbons (Fsp3) is 0.200. The lowest BCUT2D eigenvalue weighted by molar-refractivity contribution is 0.0945. The highest BCUT2D eigenvalue weighted by Gasteiger charge is 2.17. The number of nitrogens with zero attached hydrogens (tertiary/aromatic N) is 2. The third-order valence-electron chi connectivity index (χ3n) is 3.92. The van der Waals surface area contributed by atoms with Gasteiger partial charge in [-0.15, -0.1) is 0 Å². The van der Waals surface area contributed by atoms with Crippen molar-refractivity contribution < 1.29 is 23.1 Å². The van der Waals surface area contributed by atoms with E-state index in [2.05, 4.69) is 25.8 Å². The van der Waals surface area contributed by atoms with Crippen LogP contribution in [0.4, 0.5) is 14.6 Å². The number of aromatic nitrogens is 3. The maximum Gasteiger partial charge on any atom is 0.272 e. The van der Waals surface area contributed by atoms with Gasteiger partial charge in [-0.1, -0.05) is 17.7 Å². The fourth-order valence-corrected chi connectivity index (χ4v) is 2.72. The van der Waals surface area contributed by atoms with E-state index in [1.165, 1.54) is 6.07 Å². The molecule has 2 heterocycles. The lowest BCUT2D eigenvalue weighted by Gasteiger charge is -2.09. The first-order valence-electron chi connectivity index (χ1n) is 9.14. The Morgan fingerprint density at radius 3 is 2.58 bits per heavy atom. The third kappa shape index (κ3) is 5.76. The molecule has 11 heteroatoms. The summed E-state index contributed by atoms with van der Waals surface area (Å²) in [5, 5.41) is 11.1. The van der Waals surface area contributed by atoms with Crippen LogP contribution in [0.25, 0.3) is 0 Å². The average molecular weight is 450 g/mol. The van der Waals surface area contributed by atoms with Gasteiger partial charge in [0.25, 0.3) is 11.8 Å². The van der Waals surface area contributed by atoms with E-state index in [0.717, 1.165) is 5.56 Å². The summed E-state index contributed by atoms with van der Waals surface area (Å²) in [5.41, 5.74) is 0.500. The normalized spacial score (nSPS) is 10.8. The molecule has 31 heavy (non-hydrogen) atoms. The van der Waals surface area contributed by atoms with Crippen molar-refractivity contribution >= 4 is 29.2 Å². The van der Waals surface area contributed by atoms with E-state index in [9.17, 15) is 18.4 Å². The summed E-state index contributed by atoms with van der Waals surface area (Å²) >= 11 is 5.78. The molecule has 8 nitrogen and oxygen atoms in total. The minimum absolute atomic E-state index is 0.00510. The third-order valence-corrected chi connectivity index (χ3v) is 4.23. The molecular weight excluding hydrogens is 432 g/mol. The van der Waals surface area contributed by atoms with Gasteiger partial charge in [0.2, 0.25) is 5.88 Å². The van der Waals surface area contributed by atoms with Crippen molar-refractivity contribution in [3.63, 3.8) is 0 Å². The van der Waals surface area contributed by atoms with Crippen LogP contribution in [0.3, 0.4) is 0 Å². The van der Waals surface area contributed by atoms with E-state index in [0.29, 0.717) is 18.0 Å². The molecule has 3 aromatic rings. The van der Waals surface area contributed by atoms with Gasteiger partial charge in [-0.05, 0) is 31.5 Å². The second-order valence-electron chi connectivity index (χ2n) is 6.72. The molecule has 0 aliphatic rings. The number of halogens is 3. The van der Waals surface area contributed by atoms with Gasteiger partial charge < -0.3 is 15.4 Å². The topological polar surface area (TPSA) is 109 Å². The Hall–Kier alpha value is -3.53. The monoisotopic (exact) mass is 449 g/mol. The number of amides is 2. The van der Waals surface area contributed by atoms with E-state index >= 15 is 0 Å². The predicted octanol–water partition coefficient (Wildman–Crippen LogP) is 3.71. The van der Waals surface area contributed by atoms with Crippen LogP contribution in [0.1, 0.15) is 40.3 Å². The molecule has 0 saturated carbocycles. The number of rotatable bonds is 7. The summed E-state index contributed by atoms with van der Waals surface area (Å²) in [7, 11) is 0. The first-order chi connectivity index (χ1) is 14.7. The lowest BCUT2D eigenvalue weighted by atomic mass is 10.2. The van der Waals surface area contributed by atoms with Gasteiger partial charge in [0.05, 0.1) is 16.7 Å². The van der Waals surface area contributed by atoms with Crippen molar-refractivity contribution in [2.45, 2.75) is 26.5 Å². The van der Waals surface area contributed by atoms with Crippen molar-refractivity contribution in [3.05, 3.63) is 70.0 Å². The standard InChI is InChI=1S/C20H18ClF2N5O3/c1-10(2)31-18-4-3-11(8-24-18)9-25-20(30)16-7-17(28-27-16)26-19(29)12-5-14(22)15(23)6-13(12)21/h3-8,10H,9H2,1-2H3,(H,25,30)(H2,26,27,28,29). The lowest BCUT2D eigenvalue weighted by Crippen LogP contribution is -2.23. The van der Waals surface area contributed by atoms with Crippen molar-refractivity contribution in [3.8, 4) is 5.88 Å². The van der Waals surface area contributed by atoms with Crippen LogP contribution >= 0.6 is 11.6 Å². The minimum Gasteiger partial charge on any atom is -0.475 e. The molecule has 2 aromatic heterocycles. The highest BCUT2D eigenvalue weighted by Crippen LogP contribution is 2.21. The summed E-state index contributed by atoms with van der Waals surface area (Å²) in [5.74, 6) is -3.11. The Balaban J connectivity index is 1.58. The van der Waals surface area contributed by atoms with E-state index in [1.807, 2.05) is 13.8 Å². The Bertz CT molecular complexity index is 1100. The number of hydrogen-bond acceptors (Lipinski definition) is 5. The Kier molecular flexibility index (Phi) is 6.81. The van der Waals surface area contributed by atoms with Crippen LogP contribution in [-0.2, 0) is 6.54 Å². The first kappa shape index (κ1) is 22.2. The highest BCUT2D eigenvalue weighted by atomic mass is 35.5. The molecule has 162 valence electrons. The van der Waals surface area contributed by atoms with Crippen molar-refractivity contribution in [1.29, 1.82) is 0 Å². The van der Waals surface area contributed by atoms with Gasteiger partial charge in [0, 0.05) is 24.9 Å². The number of carbonyl (C=O) groups excluding carboxylic acids is 2. The molecule has 0 spiro atoms. The Morgan fingerprint density at radius 1 is 1.16 bits per heavy atom. The summed E-state index contributed by atoms with van der Waals surface area (Å²) in [6.07, 6.45) is 1.59. The molecule has 1 aromatic carbocycles. The van der Waals surface area contributed by atoms with E-state index in [1.54, 1.807) is 18.3 Å². The number of hydrogen-bond donors (Lipinski definition) is 3. The van der Waals surface area contributed by atoms with Crippen molar-refractivity contribution in [1.82, 2.24) is 20.5 Å². The van der Waals surface area contributed by atoms with Crippen LogP contribution < -0.4 is 15.4 Å². The number of H-pyrrole nitrogens is 1. The molecule has 0 saturated heterocycles. The summed E-state index contributed by atoms with van der Waals surface area (Å²) in [6, 6.07) is 6.15. The summed E-state index contributed by atoms with van der Waals surface area (Å²) < 4.78 is 32.0. The molecule has 3 rings (SSSR count). The number of benzene rings is 1. The Labute approximate surface area is 181 Å². The van der Waals surface area contributed by atoms with E-state index in [-0.39, 0.29) is 34.7 Å². The zero-order valence-electron chi connectivity index (χ0n) is 16.5. The van der Waals surface area contributed by atoms with Crippen LogP contribution in [0.2, 0.25) is 5.02 Å². The van der Waals surface area contributed by atoms with Crippen LogP contribution in [0, 0.1) is 11.6 Å². The maximum atomic E-state index is 13.4. The molecule has 0 atom stereocenters. The second kappa shape index (κ2) is 9.52. The van der Waals surface area contributed by atoms with Gasteiger partial charge in [0.15, 0.2) is 17.3 Å². The quantitative estimate of drug-likeness (QED) is 0.476. The average Bonchev–Trinajstić information content (AvgIpc) is 3.18. The zero-order chi connectivity index (χ0) is 22.5. The van der Waals surface area contributed by atoms with Gasteiger partial charge in [0.1, 0.15) is 5.82 Å². The summed E-state index contributed by atoms with van der Waals surface area (Å²) in [4.78, 5) is 28.7. The molecular formula is C20H18ClF2N5O3. The number of aromatic amines is 1. The van der Waals surface area contributed by atoms with Crippen LogP contribution in [-0.4, -0.2) is 33.1 Å². The molecule has 0 aliphatic heterocycles. The van der Waals surface area contributed by atoms with Crippen molar-refractivity contribution in [2.75, 3.05) is 5.32 Å². The molecule has 0 fully saturated rings. The maximum absolute atomic E-state index is 13.4. The molecule has 0 unspecified atom stereocenters. The van der Waals surface area contributed by atoms with Crippen LogP contribution in [0.5, 0.6) is 5.88 Å². The van der Waals surface area contributed by atoms with Gasteiger partial charge in [-0.2, -0.15) is 5.10 Å². The molecule has 3 N–H and O–H groups in total. The largest absolute Gasteiger partial charge is 0.475 e. The summed E-state index contributed by atoms with van der Waals surface area (Å²) in [6.45, 7) is 3.98. The fourth-order valence-electron chi connectivity index (χ4n) is 2.49. The molecule has 2 amide bonds. The molecule has 0 radical (unpaired) electrons. The zero-order valence-corrected chi connectivity index (χ0v) is 17.3.